The number of unbranched alkanes of at least 4 members (excludes halogenated alkanes) is 75. The molecule has 2 amide bonds. The van der Waals surface area contributed by atoms with E-state index in [1.165, 1.54) is 577 Å². The fourth-order valence-corrected chi connectivity index (χ4v) is 19.6. The van der Waals surface area contributed by atoms with Crippen molar-refractivity contribution in [3.05, 3.63) is 7.43 Å². The number of hydrogen-bond acceptors (Lipinski definition) is 7. The summed E-state index contributed by atoms with van der Waals surface area (Å²) in [5.41, 5.74) is 0. The van der Waals surface area contributed by atoms with Gasteiger partial charge in [-0.1, -0.05) is 524 Å². The van der Waals surface area contributed by atoms with Crippen LogP contribution in [-0.4, -0.2) is 196 Å². The van der Waals surface area contributed by atoms with Crippen molar-refractivity contribution >= 4 is 80.9 Å². The minimum absolute atomic E-state index is 0. The second kappa shape index (κ2) is 119. The molecule has 0 bridgehead atoms. The van der Waals surface area contributed by atoms with Crippen molar-refractivity contribution in [3.8, 4) is 0 Å². The number of carbonyl (C=O) groups excluding carboxylic acids is 2. The zero-order valence-electron chi connectivity index (χ0n) is 90.4. The Morgan fingerprint density at radius 1 is 0.203 bits per heavy atom. The molecule has 0 fully saturated rings. The second-order valence-corrected chi connectivity index (χ2v) is 40.5. The molecule has 0 aromatic carbocycles. The number of carbonyl (C=O) groups is 3. The van der Waals surface area contributed by atoms with Crippen LogP contribution in [0.4, 0.5) is 0 Å². The first-order valence-electron chi connectivity index (χ1n) is 58.9. The van der Waals surface area contributed by atoms with Crippen molar-refractivity contribution in [2.75, 3.05) is 72.0 Å². The molecule has 0 aliphatic carbocycles. The minimum atomic E-state index is -0.995. The van der Waals surface area contributed by atoms with E-state index in [2.05, 4.69) is 85.6 Å². The van der Waals surface area contributed by atoms with Gasteiger partial charge in [0.15, 0.2) is 0 Å². The molecule has 13 heteroatoms. The van der Waals surface area contributed by atoms with Crippen LogP contribution in [0.5, 0.6) is 0 Å². The van der Waals surface area contributed by atoms with Gasteiger partial charge in [0.05, 0.1) is 6.04 Å². The van der Waals surface area contributed by atoms with Gasteiger partial charge < -0.3 is 37.9 Å². The first kappa shape index (κ1) is 137. The summed E-state index contributed by atoms with van der Waals surface area (Å²) < 4.78 is 0. The van der Waals surface area contributed by atoms with Gasteiger partial charge in [-0.3, -0.25) is 14.5 Å². The van der Waals surface area contributed by atoms with Crippen LogP contribution < -0.4 is 62.0 Å². The van der Waals surface area contributed by atoms with Crippen molar-refractivity contribution in [2.24, 2.45) is 0 Å². The summed E-state index contributed by atoms with van der Waals surface area (Å²) in [7, 11) is 0. The number of carboxylic acids is 1. The second-order valence-electron chi connectivity index (χ2n) is 40.5. The normalized spacial score (nSPS) is 12.3. The molecule has 0 saturated heterocycles. The van der Waals surface area contributed by atoms with Crippen molar-refractivity contribution < 1.29 is 70.9 Å². The SMILES string of the molecule is CCCCCCCCCCCCN(CCCCCCCCCCCC)CCCCC(NC(=O)C(CCCCN(CCCCCCCCCCCC)CCCCCCCCCCCC)NC(=O)C(CCCCN(CCCCCCCCCCCC)CCCCCCCCCCCC)N(CCCCCCCCCCCC)CCCCCCCCCCCC)C(=O)O.[CH3-].[K+].[K][K]. The van der Waals surface area contributed by atoms with Crippen molar-refractivity contribution in [2.45, 2.75) is 645 Å². The maximum absolute atomic E-state index is 16.1. The average Bonchev–Trinajstić information content (AvgIpc) is 0.856. The van der Waals surface area contributed by atoms with Crippen LogP contribution in [0.25, 0.3) is 0 Å². The molecule has 0 spiro atoms. The van der Waals surface area contributed by atoms with Gasteiger partial charge in [0, 0.05) is 0 Å². The predicted octanol–water partition coefficient (Wildman–Crippen LogP) is 32.2. The Balaban J connectivity index is -0.0000191. The molecule has 0 aliphatic rings. The average molecular weight is 1880 g/mol. The Morgan fingerprint density at radius 3 is 0.523 bits per heavy atom. The van der Waals surface area contributed by atoms with E-state index >= 15 is 9.59 Å². The van der Waals surface area contributed by atoms with Crippen LogP contribution in [0.3, 0.4) is 0 Å². The van der Waals surface area contributed by atoms with E-state index in [1.807, 2.05) is 0 Å². The van der Waals surface area contributed by atoms with Crippen LogP contribution >= 0.6 is 0 Å². The first-order chi connectivity index (χ1) is 62.1. The van der Waals surface area contributed by atoms with Gasteiger partial charge in [-0.05, 0) is 175 Å². The summed E-state index contributed by atoms with van der Waals surface area (Å²) in [6, 6.07) is -2.12. The number of aliphatic carboxylic acids is 1. The van der Waals surface area contributed by atoms with E-state index in [-0.39, 0.29) is 76.7 Å². The van der Waals surface area contributed by atoms with E-state index in [9.17, 15) is 9.90 Å². The molecular formula is C115H233K3N6O4. The maximum atomic E-state index is 16.1. The van der Waals surface area contributed by atoms with Crippen LogP contribution in [0.2, 0.25) is 0 Å². The Morgan fingerprint density at radius 2 is 0.344 bits per heavy atom. The summed E-state index contributed by atoms with van der Waals surface area (Å²) in [6.45, 7) is 30.3. The molecule has 0 aliphatic heterocycles. The molecule has 0 radical (unpaired) electrons. The Labute approximate surface area is 894 Å². The summed E-state index contributed by atoms with van der Waals surface area (Å²) >= 11 is 2.50. The van der Waals surface area contributed by atoms with Crippen molar-refractivity contribution in [1.82, 2.24) is 30.2 Å². The van der Waals surface area contributed by atoms with E-state index < -0.39 is 18.1 Å². The molecule has 3 atom stereocenters. The molecule has 10 nitrogen and oxygen atoms in total. The number of nitrogens with zero attached hydrogens (tertiary/aromatic N) is 4. The molecular weight excluding hydrogens is 1650 g/mol. The zero-order valence-corrected chi connectivity index (χ0v) is 99.8. The van der Waals surface area contributed by atoms with E-state index in [0.717, 1.165) is 117 Å². The van der Waals surface area contributed by atoms with Crippen LogP contribution in [0, 0.1) is 7.43 Å². The van der Waals surface area contributed by atoms with Gasteiger partial charge in [-0.25, -0.2) is 4.79 Å². The van der Waals surface area contributed by atoms with Crippen molar-refractivity contribution in [1.29, 1.82) is 0 Å². The van der Waals surface area contributed by atoms with Crippen LogP contribution in [0.15, 0.2) is 0 Å². The Hall–Kier alpha value is 3.16. The molecule has 3 unspecified atom stereocenters. The fraction of sp³-hybridized carbons (Fsp3) is 0.965. The summed E-state index contributed by atoms with van der Waals surface area (Å²) in [6.07, 6.45) is 114. The molecule has 128 heavy (non-hydrogen) atoms. The summed E-state index contributed by atoms with van der Waals surface area (Å²) in [5, 5.41) is 17.9. The molecule has 750 valence electrons. The van der Waals surface area contributed by atoms with Gasteiger partial charge in [-0.15, -0.1) is 0 Å². The Bertz CT molecular complexity index is 1990. The summed E-state index contributed by atoms with van der Waals surface area (Å²) in [4.78, 5) is 56.1. The number of nitrogens with one attached hydrogen (secondary N) is 2. The zero-order chi connectivity index (χ0) is 91.9. The molecule has 0 aromatic heterocycles. The van der Waals surface area contributed by atoms with E-state index in [0.29, 0.717) is 12.8 Å². The monoisotopic (exact) mass is 1880 g/mol. The fourth-order valence-electron chi connectivity index (χ4n) is 19.6. The summed E-state index contributed by atoms with van der Waals surface area (Å²) in [5.74, 6) is -1.23. The standard InChI is InChI=1S/C114H230N6O4.CH3.3K/c1-9-17-25-33-41-49-57-65-73-84-98-117(99-85-74-66-58-50-42-34-26-18-10-2)104-92-81-95-109(112(121)116-110(114(123)124)96-82-93-105-118(100-86-75-67-59-51-43-35-27-19-11-3)101-87-76-68-60-52-44-36-28-20-12-4)115-113(122)111(120(107-90-79-71-63-55-47-39-31-23-15-7)108-91-80-72-64-56-48-40-32-24-16-8)97-83-94-106-119(102-88-77-69-61-53-45-37-29-21-13-5)103-89-78-70-62-54-46-38-30-22-14-6;;;;/h109-111H,9-108H2,1-8H3,(H,115,122)(H,116,121)(H,123,124);1H3;;;/q;-1;;;+1. The van der Waals surface area contributed by atoms with Gasteiger partial charge in [0.2, 0.25) is 11.8 Å². The quantitative estimate of drug-likeness (QED) is 0.0314. The molecule has 3 N–H and O–H groups in total. The molecule has 0 heterocycles. The third kappa shape index (κ3) is 102. The van der Waals surface area contributed by atoms with Crippen LogP contribution in [-0.2, 0) is 14.4 Å². The Kier molecular flexibility index (Phi) is 128. The van der Waals surface area contributed by atoms with Gasteiger partial charge in [0.1, 0.15) is 12.1 Å². The van der Waals surface area contributed by atoms with Crippen LogP contribution in [0.1, 0.15) is 627 Å². The van der Waals surface area contributed by atoms with Gasteiger partial charge in [0.25, 0.3) is 0 Å². The van der Waals surface area contributed by atoms with Crippen molar-refractivity contribution in [3.63, 3.8) is 0 Å². The van der Waals surface area contributed by atoms with Gasteiger partial charge >= 0.3 is 121 Å². The number of hydrogen-bond donors (Lipinski definition) is 3. The molecule has 0 rings (SSSR count). The topological polar surface area (TPSA) is 108 Å². The number of carboxylic acid groups (broad SMARTS) is 1. The molecule has 0 aromatic rings. The van der Waals surface area contributed by atoms with E-state index in [4.69, 9.17) is 0 Å². The predicted molar refractivity (Wildman–Crippen MR) is 570 cm³/mol. The van der Waals surface area contributed by atoms with Gasteiger partial charge in [-0.2, -0.15) is 0 Å². The number of rotatable bonds is 109. The third-order valence-corrected chi connectivity index (χ3v) is 28.2. The first-order valence-corrected chi connectivity index (χ1v) is 74.9. The molecule has 0 saturated carbocycles. The third-order valence-electron chi connectivity index (χ3n) is 28.2. The van der Waals surface area contributed by atoms with E-state index in [1.54, 1.807) is 0 Å². The number of amides is 2.